The quantitative estimate of drug-likeness (QED) is 0.316. The molecule has 2 saturated carbocycles. The van der Waals surface area contributed by atoms with Crippen molar-refractivity contribution >= 4 is 5.78 Å². The van der Waals surface area contributed by atoms with Gasteiger partial charge in [-0.1, -0.05) is 37.5 Å². The van der Waals surface area contributed by atoms with Crippen LogP contribution in [0.2, 0.25) is 0 Å². The number of fused-ring (bicyclic) bond motifs is 6. The third-order valence-electron chi connectivity index (χ3n) is 12.1. The van der Waals surface area contributed by atoms with Gasteiger partial charge in [0.05, 0.1) is 31.5 Å². The number of rotatable bonds is 6. The number of nitrogens with zero attached hydrogens (tertiary/aromatic N) is 1. The fraction of sp³-hybridized carbons (Fsp3) is 0.848. The van der Waals surface area contributed by atoms with Gasteiger partial charge in [-0.15, -0.1) is 0 Å². The summed E-state index contributed by atoms with van der Waals surface area (Å²) in [6.07, 6.45) is 12.6. The molecule has 212 valence electrons. The standard InChI is InChI=1S/C33H51NO4/c1-21-16-30-31(34(20-21)12-13-37-15-14-36-5)23(3)33(38-30)11-9-26-27-7-6-24-17-25(35)8-10-32(24,4)29(27)18-28(26)22(2)19-33/h17,21,23,26-27,29-31H,6-16,18-20H2,1-5H3/t21-,23+,26-,27-,29-,30+,31-,32-,33?/m0/s1. The summed E-state index contributed by atoms with van der Waals surface area (Å²) in [5.41, 5.74) is 5.10. The molecule has 38 heavy (non-hydrogen) atoms. The molecule has 0 aromatic carbocycles. The molecule has 0 bridgehead atoms. The molecule has 1 spiro atoms. The van der Waals surface area contributed by atoms with Gasteiger partial charge in [0.2, 0.25) is 0 Å². The smallest absolute Gasteiger partial charge is 0.155 e. The molecule has 4 fully saturated rings. The third-order valence-corrected chi connectivity index (χ3v) is 12.1. The molecule has 4 aliphatic carbocycles. The second-order valence-electron chi connectivity index (χ2n) is 14.1. The Labute approximate surface area is 230 Å². The number of ketones is 1. The van der Waals surface area contributed by atoms with Crippen molar-refractivity contribution in [1.29, 1.82) is 0 Å². The molecule has 5 nitrogen and oxygen atoms in total. The molecule has 0 amide bonds. The second-order valence-corrected chi connectivity index (χ2v) is 14.1. The summed E-state index contributed by atoms with van der Waals surface area (Å²) in [6.45, 7) is 14.1. The molecule has 6 rings (SSSR count). The molecule has 2 heterocycles. The Bertz CT molecular complexity index is 987. The maximum Gasteiger partial charge on any atom is 0.155 e. The van der Waals surface area contributed by atoms with Gasteiger partial charge < -0.3 is 14.2 Å². The SMILES string of the molecule is COCCOCCN1C[C@@H](C)C[C@H]2OC3(CC[C@@H]4C(=C(C)C3)C[C@H]3[C@H]4CCC4=CC(=O)CC[C@@]43C)[C@H](C)[C@@H]21. The van der Waals surface area contributed by atoms with Gasteiger partial charge in [-0.3, -0.25) is 9.69 Å². The lowest BCUT2D eigenvalue weighted by molar-refractivity contribution is -0.116. The van der Waals surface area contributed by atoms with Crippen molar-refractivity contribution in [2.24, 2.45) is 35.0 Å². The lowest BCUT2D eigenvalue weighted by Gasteiger charge is -2.48. The van der Waals surface area contributed by atoms with Crippen LogP contribution in [-0.2, 0) is 19.0 Å². The van der Waals surface area contributed by atoms with E-state index in [1.165, 1.54) is 37.7 Å². The van der Waals surface area contributed by atoms with E-state index in [9.17, 15) is 4.79 Å². The van der Waals surface area contributed by atoms with Crippen LogP contribution in [0, 0.1) is 35.0 Å². The highest BCUT2D eigenvalue weighted by Gasteiger charge is 2.59. The average molecular weight is 526 g/mol. The normalized spacial score (nSPS) is 44.9. The zero-order chi connectivity index (χ0) is 26.7. The summed E-state index contributed by atoms with van der Waals surface area (Å²) in [5, 5.41) is 0. The molecule has 0 N–H and O–H groups in total. The van der Waals surface area contributed by atoms with E-state index >= 15 is 0 Å². The minimum atomic E-state index is -0.0215. The van der Waals surface area contributed by atoms with E-state index in [2.05, 4.69) is 32.6 Å². The Kier molecular flexibility index (Phi) is 7.46. The van der Waals surface area contributed by atoms with E-state index in [0.29, 0.717) is 43.0 Å². The van der Waals surface area contributed by atoms with Gasteiger partial charge in [-0.2, -0.15) is 0 Å². The summed E-state index contributed by atoms with van der Waals surface area (Å²) < 4.78 is 18.3. The number of methoxy groups -OCH3 is 1. The van der Waals surface area contributed by atoms with Crippen molar-refractivity contribution in [3.8, 4) is 0 Å². The van der Waals surface area contributed by atoms with Crippen LogP contribution in [0.25, 0.3) is 0 Å². The fourth-order valence-electron chi connectivity index (χ4n) is 10.2. The monoisotopic (exact) mass is 525 g/mol. The topological polar surface area (TPSA) is 48.0 Å². The van der Waals surface area contributed by atoms with Crippen LogP contribution in [-0.4, -0.2) is 68.4 Å². The number of likely N-dealkylation sites (tertiary alicyclic amines) is 1. The van der Waals surface area contributed by atoms with E-state index in [4.69, 9.17) is 14.2 Å². The highest BCUT2D eigenvalue weighted by Crippen LogP contribution is 2.64. The molecule has 5 heteroatoms. The molecule has 9 atom stereocenters. The van der Waals surface area contributed by atoms with Crippen LogP contribution in [0.1, 0.15) is 85.5 Å². The summed E-state index contributed by atoms with van der Waals surface area (Å²) >= 11 is 0. The fourth-order valence-corrected chi connectivity index (χ4v) is 10.2. The van der Waals surface area contributed by atoms with Gasteiger partial charge in [0.15, 0.2) is 5.78 Å². The number of carbonyl (C=O) groups excluding carboxylic acids is 1. The van der Waals surface area contributed by atoms with Crippen molar-refractivity contribution in [3.05, 3.63) is 22.8 Å². The largest absolute Gasteiger partial charge is 0.382 e. The van der Waals surface area contributed by atoms with Crippen molar-refractivity contribution in [1.82, 2.24) is 4.90 Å². The first kappa shape index (κ1) is 27.2. The Morgan fingerprint density at radius 2 is 1.97 bits per heavy atom. The molecule has 2 aliphatic heterocycles. The van der Waals surface area contributed by atoms with Gasteiger partial charge in [-0.25, -0.2) is 0 Å². The van der Waals surface area contributed by atoms with E-state index < -0.39 is 0 Å². The number of carbonyl (C=O) groups is 1. The number of hydrogen-bond donors (Lipinski definition) is 0. The van der Waals surface area contributed by atoms with Gasteiger partial charge in [0, 0.05) is 38.6 Å². The number of allylic oxidation sites excluding steroid dienone is 3. The highest BCUT2D eigenvalue weighted by atomic mass is 16.5. The van der Waals surface area contributed by atoms with Crippen molar-refractivity contribution in [3.63, 3.8) is 0 Å². The van der Waals surface area contributed by atoms with E-state index in [1.54, 1.807) is 18.3 Å². The minimum absolute atomic E-state index is 0.0215. The molecular weight excluding hydrogens is 474 g/mol. The summed E-state index contributed by atoms with van der Waals surface area (Å²) in [5.74, 6) is 3.78. The van der Waals surface area contributed by atoms with Crippen LogP contribution < -0.4 is 0 Å². The van der Waals surface area contributed by atoms with Crippen molar-refractivity contribution < 1.29 is 19.0 Å². The maximum atomic E-state index is 12.2. The predicted octanol–water partition coefficient (Wildman–Crippen LogP) is 5.98. The highest BCUT2D eigenvalue weighted by molar-refractivity contribution is 5.91. The van der Waals surface area contributed by atoms with Gasteiger partial charge in [0.1, 0.15) is 0 Å². The van der Waals surface area contributed by atoms with E-state index in [0.717, 1.165) is 63.1 Å². The molecule has 2 saturated heterocycles. The summed E-state index contributed by atoms with van der Waals surface area (Å²) in [7, 11) is 1.73. The van der Waals surface area contributed by atoms with Crippen molar-refractivity contribution in [2.45, 2.75) is 103 Å². The molecule has 0 aromatic heterocycles. The van der Waals surface area contributed by atoms with E-state index in [1.807, 2.05) is 6.08 Å². The molecule has 0 aromatic rings. The van der Waals surface area contributed by atoms with Gasteiger partial charge in [-0.05, 0) is 93.5 Å². The zero-order valence-corrected chi connectivity index (χ0v) is 24.6. The van der Waals surface area contributed by atoms with Crippen LogP contribution in [0.3, 0.4) is 0 Å². The lowest BCUT2D eigenvalue weighted by Crippen LogP contribution is -2.52. The predicted molar refractivity (Wildman–Crippen MR) is 150 cm³/mol. The maximum absolute atomic E-state index is 12.2. The van der Waals surface area contributed by atoms with E-state index in [-0.39, 0.29) is 11.0 Å². The Morgan fingerprint density at radius 3 is 2.79 bits per heavy atom. The van der Waals surface area contributed by atoms with Gasteiger partial charge in [0.25, 0.3) is 0 Å². The van der Waals surface area contributed by atoms with Crippen LogP contribution >= 0.6 is 0 Å². The summed E-state index contributed by atoms with van der Waals surface area (Å²) in [6, 6.07) is 0.502. The average Bonchev–Trinajstić information content (AvgIpc) is 3.34. The van der Waals surface area contributed by atoms with Crippen LogP contribution in [0.15, 0.2) is 22.8 Å². The van der Waals surface area contributed by atoms with Crippen molar-refractivity contribution in [2.75, 3.05) is 40.0 Å². The lowest BCUT2D eigenvalue weighted by atomic mass is 9.56. The molecule has 6 aliphatic rings. The second kappa shape index (κ2) is 10.4. The van der Waals surface area contributed by atoms with Crippen LogP contribution in [0.4, 0.5) is 0 Å². The third kappa shape index (κ3) is 4.48. The first-order chi connectivity index (χ1) is 18.3. The molecule has 0 radical (unpaired) electrons. The Hall–Kier alpha value is -1.01. The van der Waals surface area contributed by atoms with Gasteiger partial charge >= 0.3 is 0 Å². The first-order valence-corrected chi connectivity index (χ1v) is 15.7. The number of piperidine rings is 1. The number of ether oxygens (including phenoxy) is 3. The minimum Gasteiger partial charge on any atom is -0.382 e. The molecule has 1 unspecified atom stereocenters. The Balaban J connectivity index is 1.21. The molecular formula is C33H51NO4. The van der Waals surface area contributed by atoms with Crippen LogP contribution in [0.5, 0.6) is 0 Å². The Morgan fingerprint density at radius 1 is 1.13 bits per heavy atom. The first-order valence-electron chi connectivity index (χ1n) is 15.7. The number of hydrogen-bond acceptors (Lipinski definition) is 5. The summed E-state index contributed by atoms with van der Waals surface area (Å²) in [4.78, 5) is 14.9. The zero-order valence-electron chi connectivity index (χ0n) is 24.6.